The van der Waals surface area contributed by atoms with Crippen LogP contribution in [0.15, 0.2) is 24.5 Å². The van der Waals surface area contributed by atoms with E-state index < -0.39 is 35.3 Å². The van der Waals surface area contributed by atoms with E-state index >= 15 is 0 Å². The molecule has 142 valence electrons. The van der Waals surface area contributed by atoms with Gasteiger partial charge in [0, 0.05) is 11.5 Å². The minimum absolute atomic E-state index is 0.0582. The van der Waals surface area contributed by atoms with Crippen molar-refractivity contribution in [3.05, 3.63) is 41.5 Å². The Hall–Kier alpha value is -2.13. The van der Waals surface area contributed by atoms with Gasteiger partial charge in [-0.3, -0.25) is 0 Å². The lowest BCUT2D eigenvalue weighted by atomic mass is 10.0. The van der Waals surface area contributed by atoms with Crippen LogP contribution in [-0.4, -0.2) is 9.78 Å². The van der Waals surface area contributed by atoms with Gasteiger partial charge in [0.15, 0.2) is 11.9 Å². The Bertz CT molecular complexity index is 788. The molecule has 1 aliphatic rings. The number of nitrogens with zero attached hydrogens (tertiary/aromatic N) is 3. The SMILES string of the molecule is CC(C)[C@H]1C[C@@H](F)c2nn(-c3c(C(F)(F)F)cccc3C(F)(F)F)c[n+]21. The van der Waals surface area contributed by atoms with Crippen molar-refractivity contribution >= 4 is 0 Å². The summed E-state index contributed by atoms with van der Waals surface area (Å²) < 4.78 is 95.8. The van der Waals surface area contributed by atoms with Crippen LogP contribution in [0.25, 0.3) is 5.69 Å². The summed E-state index contributed by atoms with van der Waals surface area (Å²) in [5, 5.41) is 3.73. The second-order valence-electron chi connectivity index (χ2n) is 6.54. The Labute approximate surface area is 144 Å². The molecule has 2 atom stereocenters. The highest BCUT2D eigenvalue weighted by molar-refractivity contribution is 5.50. The van der Waals surface area contributed by atoms with Crippen molar-refractivity contribution in [1.82, 2.24) is 9.78 Å². The van der Waals surface area contributed by atoms with Crippen LogP contribution in [0, 0.1) is 5.92 Å². The van der Waals surface area contributed by atoms with Gasteiger partial charge >= 0.3 is 18.2 Å². The van der Waals surface area contributed by atoms with Crippen LogP contribution < -0.4 is 4.57 Å². The number of alkyl halides is 7. The average molecular weight is 382 g/mol. The summed E-state index contributed by atoms with van der Waals surface area (Å²) in [4.78, 5) is 0. The minimum Gasteiger partial charge on any atom is -0.235 e. The van der Waals surface area contributed by atoms with Crippen LogP contribution in [0.2, 0.25) is 0 Å². The van der Waals surface area contributed by atoms with Crippen LogP contribution in [0.1, 0.15) is 49.4 Å². The molecule has 1 aromatic heterocycles. The molecule has 2 heterocycles. The van der Waals surface area contributed by atoms with E-state index in [4.69, 9.17) is 0 Å². The molecule has 0 aliphatic carbocycles. The second kappa shape index (κ2) is 5.95. The first-order valence-electron chi connectivity index (χ1n) is 7.83. The van der Waals surface area contributed by atoms with E-state index in [1.54, 1.807) is 13.8 Å². The fourth-order valence-corrected chi connectivity index (χ4v) is 3.22. The number of aromatic nitrogens is 3. The molecule has 0 saturated carbocycles. The zero-order valence-electron chi connectivity index (χ0n) is 13.7. The Morgan fingerprint density at radius 3 is 2.08 bits per heavy atom. The van der Waals surface area contributed by atoms with Gasteiger partial charge in [-0.05, 0) is 18.1 Å². The Morgan fingerprint density at radius 1 is 1.08 bits per heavy atom. The van der Waals surface area contributed by atoms with Gasteiger partial charge in [-0.15, -0.1) is 0 Å². The first kappa shape index (κ1) is 18.7. The molecule has 0 N–H and O–H groups in total. The summed E-state index contributed by atoms with van der Waals surface area (Å²) in [6, 6.07) is 1.40. The standard InChI is InChI=1S/C16H15F7N3/c1-8(2)12-6-11(17)14-24-26(7-25(12)14)13-9(15(18,19)20)4-3-5-10(13)16(21,22)23/h3-5,7-8,11-12H,6H2,1-2H3/q+1/t11-,12-/m1/s1. The van der Waals surface area contributed by atoms with Crippen LogP contribution >= 0.6 is 0 Å². The van der Waals surface area contributed by atoms with Gasteiger partial charge in [-0.25, -0.2) is 8.96 Å². The smallest absolute Gasteiger partial charge is 0.235 e. The van der Waals surface area contributed by atoms with Crippen molar-refractivity contribution in [2.45, 2.75) is 44.8 Å². The molecular formula is C16H15F7N3+. The third-order valence-electron chi connectivity index (χ3n) is 4.44. The normalized spacial score (nSPS) is 20.7. The lowest BCUT2D eigenvalue weighted by molar-refractivity contribution is -0.723. The van der Waals surface area contributed by atoms with Gasteiger partial charge in [0.25, 0.3) is 0 Å². The summed E-state index contributed by atoms with van der Waals surface area (Å²) in [6.07, 6.45) is -10.5. The minimum atomic E-state index is -5.02. The molecule has 10 heteroatoms. The number of benzene rings is 1. The van der Waals surface area contributed by atoms with Crippen molar-refractivity contribution in [1.29, 1.82) is 0 Å². The van der Waals surface area contributed by atoms with Gasteiger partial charge in [0.1, 0.15) is 0 Å². The lowest BCUT2D eigenvalue weighted by Gasteiger charge is -2.15. The summed E-state index contributed by atoms with van der Waals surface area (Å²) in [5.41, 5.74) is -4.11. The average Bonchev–Trinajstić information content (AvgIpc) is 3.05. The van der Waals surface area contributed by atoms with Crippen molar-refractivity contribution in [3.8, 4) is 5.69 Å². The Morgan fingerprint density at radius 2 is 1.62 bits per heavy atom. The molecule has 26 heavy (non-hydrogen) atoms. The third-order valence-corrected chi connectivity index (χ3v) is 4.44. The number of hydrogen-bond donors (Lipinski definition) is 0. The number of halogens is 7. The highest BCUT2D eigenvalue weighted by Crippen LogP contribution is 2.42. The molecule has 3 nitrogen and oxygen atoms in total. The van der Waals surface area contributed by atoms with E-state index in [0.717, 1.165) is 6.33 Å². The van der Waals surface area contributed by atoms with E-state index in [-0.39, 0.29) is 24.2 Å². The van der Waals surface area contributed by atoms with Crippen LogP contribution in [0.5, 0.6) is 0 Å². The number of hydrogen-bond acceptors (Lipinski definition) is 1. The van der Waals surface area contributed by atoms with Crippen molar-refractivity contribution in [2.75, 3.05) is 0 Å². The van der Waals surface area contributed by atoms with Crippen LogP contribution in [0.4, 0.5) is 30.7 Å². The van der Waals surface area contributed by atoms with Gasteiger partial charge in [-0.2, -0.15) is 26.3 Å². The predicted molar refractivity (Wildman–Crippen MR) is 76.1 cm³/mol. The summed E-state index contributed by atoms with van der Waals surface area (Å²) in [5.74, 6) is -0.231. The molecule has 1 aliphatic heterocycles. The lowest BCUT2D eigenvalue weighted by Crippen LogP contribution is -2.39. The topological polar surface area (TPSA) is 21.7 Å². The quantitative estimate of drug-likeness (QED) is 0.540. The van der Waals surface area contributed by atoms with Gasteiger partial charge in [0.2, 0.25) is 6.33 Å². The van der Waals surface area contributed by atoms with Crippen molar-refractivity contribution in [2.24, 2.45) is 5.92 Å². The molecule has 0 amide bonds. The predicted octanol–water partition coefficient (Wildman–Crippen LogP) is 4.81. The largest absolute Gasteiger partial charge is 0.419 e. The van der Waals surface area contributed by atoms with Gasteiger partial charge in [0.05, 0.1) is 17.2 Å². The number of fused-ring (bicyclic) bond motifs is 1. The summed E-state index contributed by atoms with van der Waals surface area (Å²) in [6.45, 7) is 3.59. The monoisotopic (exact) mass is 382 g/mol. The molecule has 3 rings (SSSR count). The number of rotatable bonds is 2. The third kappa shape index (κ3) is 3.05. The Kier molecular flexibility index (Phi) is 4.27. The van der Waals surface area contributed by atoms with Crippen LogP contribution in [0.3, 0.4) is 0 Å². The molecule has 0 saturated heterocycles. The highest BCUT2D eigenvalue weighted by atomic mass is 19.4. The fraction of sp³-hybridized carbons (Fsp3) is 0.500. The second-order valence-corrected chi connectivity index (χ2v) is 6.54. The zero-order valence-corrected chi connectivity index (χ0v) is 13.7. The van der Waals surface area contributed by atoms with Gasteiger partial charge < -0.3 is 0 Å². The van der Waals surface area contributed by atoms with E-state index in [9.17, 15) is 30.7 Å². The molecule has 1 aromatic carbocycles. The Balaban J connectivity index is 2.25. The van der Waals surface area contributed by atoms with Crippen molar-refractivity contribution < 1.29 is 35.3 Å². The molecule has 0 fully saturated rings. The summed E-state index contributed by atoms with van der Waals surface area (Å²) >= 11 is 0. The zero-order chi connectivity index (χ0) is 19.4. The highest BCUT2D eigenvalue weighted by Gasteiger charge is 2.47. The molecule has 0 spiro atoms. The van der Waals surface area contributed by atoms with E-state index in [1.165, 1.54) is 4.57 Å². The number of para-hydroxylation sites is 1. The maximum Gasteiger partial charge on any atom is 0.419 e. The van der Waals surface area contributed by atoms with Crippen LogP contribution in [-0.2, 0) is 12.4 Å². The first-order chi connectivity index (χ1) is 11.9. The maximum absolute atomic E-state index is 14.2. The van der Waals surface area contributed by atoms with Gasteiger partial charge in [-0.1, -0.05) is 24.6 Å². The van der Waals surface area contributed by atoms with E-state index in [1.807, 2.05) is 0 Å². The van der Waals surface area contributed by atoms with E-state index in [0.29, 0.717) is 22.9 Å². The first-order valence-corrected chi connectivity index (χ1v) is 7.83. The fourth-order valence-electron chi connectivity index (χ4n) is 3.22. The molecule has 0 unspecified atom stereocenters. The molecular weight excluding hydrogens is 367 g/mol. The summed E-state index contributed by atoms with van der Waals surface area (Å²) in [7, 11) is 0. The molecule has 0 radical (unpaired) electrons. The molecule has 2 aromatic rings. The van der Waals surface area contributed by atoms with E-state index in [2.05, 4.69) is 5.10 Å². The van der Waals surface area contributed by atoms with Crippen molar-refractivity contribution in [3.63, 3.8) is 0 Å². The maximum atomic E-state index is 14.2. The molecule has 0 bridgehead atoms.